The molecular weight excluding hydrogens is 312 g/mol. The van der Waals surface area contributed by atoms with Gasteiger partial charge in [0.15, 0.2) is 0 Å². The SMILES string of the molecule is CCOc1ccccc1N1CCN(C(=O)Cc2ccc(C)cc2)CC1. The second kappa shape index (κ2) is 8.06. The van der Waals surface area contributed by atoms with Gasteiger partial charge in [0, 0.05) is 26.2 Å². The Balaban J connectivity index is 1.58. The summed E-state index contributed by atoms with van der Waals surface area (Å²) in [4.78, 5) is 16.8. The van der Waals surface area contributed by atoms with Crippen molar-refractivity contribution in [3.63, 3.8) is 0 Å². The molecule has 132 valence electrons. The second-order valence-corrected chi connectivity index (χ2v) is 6.43. The number of anilines is 1. The molecule has 1 amide bonds. The van der Waals surface area contributed by atoms with Crippen molar-refractivity contribution in [1.82, 2.24) is 4.90 Å². The van der Waals surface area contributed by atoms with E-state index in [9.17, 15) is 4.79 Å². The van der Waals surface area contributed by atoms with Gasteiger partial charge in [-0.1, -0.05) is 42.0 Å². The number of rotatable bonds is 5. The minimum absolute atomic E-state index is 0.210. The monoisotopic (exact) mass is 338 g/mol. The summed E-state index contributed by atoms with van der Waals surface area (Å²) in [5.41, 5.74) is 3.42. The third-order valence-corrected chi connectivity index (χ3v) is 4.61. The molecule has 1 saturated heterocycles. The van der Waals surface area contributed by atoms with Crippen LogP contribution in [0.2, 0.25) is 0 Å². The molecule has 0 aromatic heterocycles. The van der Waals surface area contributed by atoms with Gasteiger partial charge in [0.1, 0.15) is 5.75 Å². The summed E-state index contributed by atoms with van der Waals surface area (Å²) in [6.45, 7) is 7.90. The molecule has 0 spiro atoms. The fraction of sp³-hybridized carbons (Fsp3) is 0.381. The number of carbonyl (C=O) groups excluding carboxylic acids is 1. The molecule has 0 aliphatic carbocycles. The minimum atomic E-state index is 0.210. The normalized spacial score (nSPS) is 14.5. The van der Waals surface area contributed by atoms with E-state index >= 15 is 0 Å². The topological polar surface area (TPSA) is 32.8 Å². The summed E-state index contributed by atoms with van der Waals surface area (Å²) < 4.78 is 5.73. The van der Waals surface area contributed by atoms with Crippen molar-refractivity contribution in [1.29, 1.82) is 0 Å². The molecule has 25 heavy (non-hydrogen) atoms. The summed E-state index contributed by atoms with van der Waals surface area (Å²) in [6.07, 6.45) is 0.482. The van der Waals surface area contributed by atoms with Gasteiger partial charge in [-0.25, -0.2) is 0 Å². The number of piperazine rings is 1. The highest BCUT2D eigenvalue weighted by molar-refractivity contribution is 5.79. The molecule has 0 saturated carbocycles. The van der Waals surface area contributed by atoms with Crippen molar-refractivity contribution in [3.8, 4) is 5.75 Å². The van der Waals surface area contributed by atoms with Gasteiger partial charge in [0.2, 0.25) is 5.91 Å². The summed E-state index contributed by atoms with van der Waals surface area (Å²) >= 11 is 0. The van der Waals surface area contributed by atoms with Crippen molar-refractivity contribution in [3.05, 3.63) is 59.7 Å². The Labute approximate surface area is 150 Å². The molecule has 1 fully saturated rings. The van der Waals surface area contributed by atoms with Crippen LogP contribution in [0.25, 0.3) is 0 Å². The van der Waals surface area contributed by atoms with Gasteiger partial charge in [-0.15, -0.1) is 0 Å². The summed E-state index contributed by atoms with van der Waals surface area (Å²) in [6, 6.07) is 16.3. The summed E-state index contributed by atoms with van der Waals surface area (Å²) in [5, 5.41) is 0. The molecule has 0 radical (unpaired) electrons. The van der Waals surface area contributed by atoms with Gasteiger partial charge in [-0.3, -0.25) is 4.79 Å². The van der Waals surface area contributed by atoms with Gasteiger partial charge in [-0.2, -0.15) is 0 Å². The van der Waals surface area contributed by atoms with Gasteiger partial charge in [0.25, 0.3) is 0 Å². The van der Waals surface area contributed by atoms with Gasteiger partial charge in [-0.05, 0) is 31.5 Å². The quantitative estimate of drug-likeness (QED) is 0.839. The molecule has 2 aromatic rings. The zero-order chi connectivity index (χ0) is 17.6. The molecule has 0 atom stereocenters. The van der Waals surface area contributed by atoms with Crippen LogP contribution < -0.4 is 9.64 Å². The standard InChI is InChI=1S/C21H26N2O2/c1-3-25-20-7-5-4-6-19(20)22-12-14-23(15-13-22)21(24)16-18-10-8-17(2)9-11-18/h4-11H,3,12-16H2,1-2H3. The third-order valence-electron chi connectivity index (χ3n) is 4.61. The zero-order valence-electron chi connectivity index (χ0n) is 15.1. The molecule has 3 rings (SSSR count). The molecular formula is C21H26N2O2. The van der Waals surface area contributed by atoms with Crippen LogP contribution in [0.1, 0.15) is 18.1 Å². The van der Waals surface area contributed by atoms with Crippen molar-refractivity contribution in [2.24, 2.45) is 0 Å². The minimum Gasteiger partial charge on any atom is -0.492 e. The average Bonchev–Trinajstić information content (AvgIpc) is 2.64. The van der Waals surface area contributed by atoms with E-state index in [0.717, 1.165) is 43.2 Å². The third kappa shape index (κ3) is 4.32. The van der Waals surface area contributed by atoms with Crippen LogP contribution in [0, 0.1) is 6.92 Å². The van der Waals surface area contributed by atoms with Crippen molar-refractivity contribution >= 4 is 11.6 Å². The molecule has 0 N–H and O–H groups in total. The summed E-state index contributed by atoms with van der Waals surface area (Å²) in [5.74, 6) is 1.13. The van der Waals surface area contributed by atoms with E-state index in [1.807, 2.05) is 42.2 Å². The Bertz CT molecular complexity index is 704. The molecule has 4 nitrogen and oxygen atoms in total. The lowest BCUT2D eigenvalue weighted by Crippen LogP contribution is -2.49. The maximum atomic E-state index is 12.5. The van der Waals surface area contributed by atoms with Gasteiger partial charge >= 0.3 is 0 Å². The van der Waals surface area contributed by atoms with Crippen LogP contribution in [0.3, 0.4) is 0 Å². The number of hydrogen-bond acceptors (Lipinski definition) is 3. The Morgan fingerprint density at radius 1 is 1.00 bits per heavy atom. The lowest BCUT2D eigenvalue weighted by atomic mass is 10.1. The fourth-order valence-corrected chi connectivity index (χ4v) is 3.19. The van der Waals surface area contributed by atoms with E-state index in [0.29, 0.717) is 13.0 Å². The number of para-hydroxylation sites is 2. The number of nitrogens with zero attached hydrogens (tertiary/aromatic N) is 2. The first-order valence-corrected chi connectivity index (χ1v) is 8.97. The first-order chi connectivity index (χ1) is 12.2. The van der Waals surface area contributed by atoms with E-state index in [4.69, 9.17) is 4.74 Å². The number of benzene rings is 2. The van der Waals surface area contributed by atoms with E-state index < -0.39 is 0 Å². The number of aryl methyl sites for hydroxylation is 1. The molecule has 4 heteroatoms. The highest BCUT2D eigenvalue weighted by Gasteiger charge is 2.22. The van der Waals surface area contributed by atoms with Crippen LogP contribution in [-0.2, 0) is 11.2 Å². The highest BCUT2D eigenvalue weighted by Crippen LogP contribution is 2.28. The largest absolute Gasteiger partial charge is 0.492 e. The Morgan fingerprint density at radius 2 is 1.68 bits per heavy atom. The number of carbonyl (C=O) groups is 1. The van der Waals surface area contributed by atoms with E-state index in [-0.39, 0.29) is 5.91 Å². The van der Waals surface area contributed by atoms with E-state index in [2.05, 4.69) is 30.0 Å². The van der Waals surface area contributed by atoms with Gasteiger partial charge in [0.05, 0.1) is 18.7 Å². The first kappa shape index (κ1) is 17.3. The van der Waals surface area contributed by atoms with Crippen LogP contribution in [0.15, 0.2) is 48.5 Å². The number of amides is 1. The Hall–Kier alpha value is -2.49. The summed E-state index contributed by atoms with van der Waals surface area (Å²) in [7, 11) is 0. The Morgan fingerprint density at radius 3 is 2.36 bits per heavy atom. The fourth-order valence-electron chi connectivity index (χ4n) is 3.19. The number of hydrogen-bond donors (Lipinski definition) is 0. The first-order valence-electron chi connectivity index (χ1n) is 8.97. The van der Waals surface area contributed by atoms with Gasteiger partial charge < -0.3 is 14.5 Å². The van der Waals surface area contributed by atoms with Crippen molar-refractivity contribution < 1.29 is 9.53 Å². The molecule has 0 unspecified atom stereocenters. The Kier molecular flexibility index (Phi) is 5.59. The van der Waals surface area contributed by atoms with Crippen LogP contribution >= 0.6 is 0 Å². The maximum Gasteiger partial charge on any atom is 0.227 e. The lowest BCUT2D eigenvalue weighted by Gasteiger charge is -2.36. The van der Waals surface area contributed by atoms with E-state index in [1.54, 1.807) is 0 Å². The average molecular weight is 338 g/mol. The van der Waals surface area contributed by atoms with Crippen molar-refractivity contribution in [2.45, 2.75) is 20.3 Å². The van der Waals surface area contributed by atoms with E-state index in [1.165, 1.54) is 5.56 Å². The van der Waals surface area contributed by atoms with Crippen LogP contribution in [-0.4, -0.2) is 43.6 Å². The maximum absolute atomic E-state index is 12.5. The smallest absolute Gasteiger partial charge is 0.227 e. The molecule has 2 aromatic carbocycles. The molecule has 1 heterocycles. The predicted octanol–water partition coefficient (Wildman–Crippen LogP) is 3.29. The molecule has 1 aliphatic heterocycles. The highest BCUT2D eigenvalue weighted by atomic mass is 16.5. The molecule has 0 bridgehead atoms. The van der Waals surface area contributed by atoms with Crippen LogP contribution in [0.5, 0.6) is 5.75 Å². The molecule has 1 aliphatic rings. The van der Waals surface area contributed by atoms with Crippen LogP contribution in [0.4, 0.5) is 5.69 Å². The van der Waals surface area contributed by atoms with Crippen molar-refractivity contribution in [2.75, 3.05) is 37.7 Å². The number of ether oxygens (including phenoxy) is 1. The lowest BCUT2D eigenvalue weighted by molar-refractivity contribution is -0.130. The second-order valence-electron chi connectivity index (χ2n) is 6.43. The zero-order valence-corrected chi connectivity index (χ0v) is 15.1. The predicted molar refractivity (Wildman–Crippen MR) is 101 cm³/mol.